The van der Waals surface area contributed by atoms with Gasteiger partial charge in [-0.15, -0.1) is 0 Å². The Balaban J connectivity index is 1.03. The van der Waals surface area contributed by atoms with Crippen molar-refractivity contribution < 1.29 is 41.8 Å². The number of nitrogens with zero attached hydrogens (tertiary/aromatic N) is 5. The molecule has 1 N–H and O–H groups in total. The molecule has 3 atom stereocenters. The monoisotopic (exact) mass is 834 g/mol. The van der Waals surface area contributed by atoms with Crippen molar-refractivity contribution in [2.75, 3.05) is 33.4 Å². The molecule has 0 aliphatic carbocycles. The third kappa shape index (κ3) is 9.39. The highest BCUT2D eigenvalue weighted by Gasteiger charge is 2.49. The van der Waals surface area contributed by atoms with E-state index in [-0.39, 0.29) is 28.5 Å². The molecule has 2 unspecified atom stereocenters. The van der Waals surface area contributed by atoms with Gasteiger partial charge in [0.25, 0.3) is 11.8 Å². The van der Waals surface area contributed by atoms with Crippen molar-refractivity contribution in [2.24, 2.45) is 0 Å². The minimum atomic E-state index is -3.20. The lowest BCUT2D eigenvalue weighted by Gasteiger charge is -2.32. The first-order chi connectivity index (χ1) is 27.7. The van der Waals surface area contributed by atoms with Gasteiger partial charge in [-0.3, -0.25) is 14.5 Å². The summed E-state index contributed by atoms with van der Waals surface area (Å²) in [5.74, 6) is -0.0227. The fraction of sp³-hybridized carbons (Fsp3) is 0.390. The predicted octanol–water partition coefficient (Wildman–Crippen LogP) is 4.11. The van der Waals surface area contributed by atoms with Crippen LogP contribution in [-0.4, -0.2) is 109 Å². The molecule has 0 saturated carbocycles. The number of rotatable bonds is 11. The van der Waals surface area contributed by atoms with E-state index in [9.17, 15) is 27.6 Å². The maximum absolute atomic E-state index is 14.5. The van der Waals surface area contributed by atoms with Crippen LogP contribution in [-0.2, 0) is 38.8 Å². The molecule has 4 aromatic rings. The number of esters is 1. The summed E-state index contributed by atoms with van der Waals surface area (Å²) in [6.07, 6.45) is 3.09. The standard InChI is InChI=1S/C41H42ClF3N6O6Si/c1-40(58,39(54)51-24-41(44,45)20-29(51)9-11-37(52)55-2)48-38(53)26-7-10-34-33(18-26)46-35(50(34)21-30-14-17-56-30)22-49-15-12-25(13-16-49)32-4-3-5-36(47-32)57-23-27-6-8-28(42)19-31(27)43/h3-8,10,12,18-19,29-30H,13-17,20-24H2,1-2,58H3,(H,48,53)/t29?,30-,40?/m0/s1. The molecule has 2 saturated heterocycles. The number of hydrogen-bond donors (Lipinski definition) is 1. The maximum Gasteiger partial charge on any atom is 0.384 e. The predicted molar refractivity (Wildman–Crippen MR) is 213 cm³/mol. The molecule has 0 radical (unpaired) electrons. The Morgan fingerprint density at radius 2 is 1.97 bits per heavy atom. The van der Waals surface area contributed by atoms with Gasteiger partial charge in [-0.1, -0.05) is 35.7 Å². The number of nitrogens with one attached hydrogen (secondary N) is 1. The number of aromatic nitrogens is 3. The number of fused-ring (bicyclic) bond motifs is 1. The lowest BCUT2D eigenvalue weighted by molar-refractivity contribution is -0.136. The second-order valence-corrected chi connectivity index (χ2v) is 17.5. The van der Waals surface area contributed by atoms with E-state index in [0.717, 1.165) is 54.0 Å². The molecule has 5 heterocycles. The lowest BCUT2D eigenvalue weighted by Crippen LogP contribution is -2.59. The van der Waals surface area contributed by atoms with Crippen LogP contribution in [0.1, 0.15) is 53.6 Å². The van der Waals surface area contributed by atoms with E-state index in [0.29, 0.717) is 48.2 Å². The van der Waals surface area contributed by atoms with Crippen molar-refractivity contribution in [2.45, 2.75) is 69.1 Å². The summed E-state index contributed by atoms with van der Waals surface area (Å²) in [5.41, 5.74) is 3.91. The normalized spacial score (nSPS) is 20.0. The van der Waals surface area contributed by atoms with Crippen molar-refractivity contribution in [3.63, 3.8) is 0 Å². The summed E-state index contributed by atoms with van der Waals surface area (Å²) in [4.78, 5) is 51.6. The molecule has 2 fully saturated rings. The summed E-state index contributed by atoms with van der Waals surface area (Å²) >= 11 is 5.87. The number of halogens is 4. The van der Waals surface area contributed by atoms with Crippen LogP contribution in [0.3, 0.4) is 0 Å². The first-order valence-electron chi connectivity index (χ1n) is 18.9. The number of likely N-dealkylation sites (tertiary alicyclic amines) is 1. The van der Waals surface area contributed by atoms with Gasteiger partial charge in [0.15, 0.2) is 0 Å². The quantitative estimate of drug-likeness (QED) is 0.103. The highest BCUT2D eigenvalue weighted by molar-refractivity contribution is 6.30. The first kappa shape index (κ1) is 41.0. The highest BCUT2D eigenvalue weighted by Crippen LogP contribution is 2.33. The molecule has 3 aliphatic heterocycles. The molecule has 304 valence electrons. The van der Waals surface area contributed by atoms with Gasteiger partial charge >= 0.3 is 5.97 Å². The zero-order valence-corrected chi connectivity index (χ0v) is 35.0. The third-order valence-corrected chi connectivity index (χ3v) is 11.3. The van der Waals surface area contributed by atoms with Gasteiger partial charge in [-0.2, -0.15) is 0 Å². The Hall–Kier alpha value is -5.21. The molecule has 2 aromatic carbocycles. The maximum atomic E-state index is 14.5. The van der Waals surface area contributed by atoms with E-state index in [1.54, 1.807) is 30.3 Å². The summed E-state index contributed by atoms with van der Waals surface area (Å²) in [6, 6.07) is 13.9. The van der Waals surface area contributed by atoms with Gasteiger partial charge in [0.05, 0.1) is 60.8 Å². The second-order valence-electron chi connectivity index (χ2n) is 15.1. The Kier molecular flexibility index (Phi) is 12.0. The van der Waals surface area contributed by atoms with Crippen LogP contribution < -0.4 is 10.1 Å². The number of carbonyl (C=O) groups is 3. The van der Waals surface area contributed by atoms with Crippen molar-refractivity contribution in [3.05, 3.63) is 94.2 Å². The smallest absolute Gasteiger partial charge is 0.384 e. The molecule has 58 heavy (non-hydrogen) atoms. The van der Waals surface area contributed by atoms with E-state index >= 15 is 0 Å². The zero-order valence-electron chi connectivity index (χ0n) is 32.2. The molecule has 2 aromatic heterocycles. The van der Waals surface area contributed by atoms with Crippen LogP contribution in [0.4, 0.5) is 13.2 Å². The summed E-state index contributed by atoms with van der Waals surface area (Å²) in [5, 5.41) is 1.62. The number of methoxy groups -OCH3 is 1. The molecule has 3 aliphatic rings. The number of benzene rings is 2. The number of alkyl halides is 2. The van der Waals surface area contributed by atoms with Crippen molar-refractivity contribution in [3.8, 4) is 17.7 Å². The fourth-order valence-corrected chi connectivity index (χ4v) is 7.82. The number of amides is 2. The van der Waals surface area contributed by atoms with Crippen LogP contribution in [0, 0.1) is 17.7 Å². The second kappa shape index (κ2) is 16.9. The van der Waals surface area contributed by atoms with Gasteiger partial charge in [0.1, 0.15) is 18.2 Å². The van der Waals surface area contributed by atoms with Gasteiger partial charge in [0.2, 0.25) is 11.8 Å². The molecule has 7 rings (SSSR count). The summed E-state index contributed by atoms with van der Waals surface area (Å²) in [6.45, 7) is 3.83. The Bertz CT molecular complexity index is 2340. The van der Waals surface area contributed by atoms with Crippen LogP contribution >= 0.6 is 11.6 Å². The van der Waals surface area contributed by atoms with Crippen molar-refractivity contribution >= 4 is 56.2 Å². The number of hydrogen-bond acceptors (Lipinski definition) is 9. The van der Waals surface area contributed by atoms with Crippen LogP contribution in [0.2, 0.25) is 5.02 Å². The fourth-order valence-electron chi connectivity index (χ4n) is 7.15. The SMILES string of the molecule is COC(=O)C#CC1CC(F)(F)CN1C(=O)C(C)([SiH3])NC(=O)c1ccc2c(c1)nc(CN1CC=C(c3cccc(OCc4ccc(Cl)cc4F)n3)CC1)n2C[C@@H]1CCO1. The van der Waals surface area contributed by atoms with E-state index in [2.05, 4.69) is 42.4 Å². The van der Waals surface area contributed by atoms with E-state index in [1.807, 2.05) is 18.2 Å². The lowest BCUT2D eigenvalue weighted by atomic mass is 10.0. The Labute approximate surface area is 341 Å². The molecule has 2 amide bonds. The molecular formula is C41H42ClF3N6O6Si. The third-order valence-electron chi connectivity index (χ3n) is 10.4. The van der Waals surface area contributed by atoms with Crippen LogP contribution in [0.25, 0.3) is 16.6 Å². The summed E-state index contributed by atoms with van der Waals surface area (Å²) < 4.78 is 61.4. The first-order valence-corrected chi connectivity index (χ1v) is 20.2. The molecular weight excluding hydrogens is 793 g/mol. The van der Waals surface area contributed by atoms with Crippen LogP contribution in [0.5, 0.6) is 5.88 Å². The van der Waals surface area contributed by atoms with Gasteiger partial charge in [0, 0.05) is 64.5 Å². The summed E-state index contributed by atoms with van der Waals surface area (Å²) in [7, 11) is 1.21. The molecule has 0 bridgehead atoms. The average molecular weight is 835 g/mol. The van der Waals surface area contributed by atoms with Gasteiger partial charge in [-0.25, -0.2) is 27.9 Å². The Morgan fingerprint density at radius 1 is 1.16 bits per heavy atom. The zero-order chi connectivity index (χ0) is 41.2. The van der Waals surface area contributed by atoms with Crippen LogP contribution in [0.15, 0.2) is 60.7 Å². The van der Waals surface area contributed by atoms with Gasteiger partial charge in [-0.05, 0) is 61.7 Å². The number of imidazole rings is 1. The van der Waals surface area contributed by atoms with Crippen molar-refractivity contribution in [1.29, 1.82) is 0 Å². The van der Waals surface area contributed by atoms with Crippen molar-refractivity contribution in [1.82, 2.24) is 29.7 Å². The number of pyridine rings is 1. The highest BCUT2D eigenvalue weighted by atomic mass is 35.5. The van der Waals surface area contributed by atoms with E-state index in [1.165, 1.54) is 13.0 Å². The largest absolute Gasteiger partial charge is 0.473 e. The van der Waals surface area contributed by atoms with E-state index in [4.69, 9.17) is 26.1 Å². The number of carbonyl (C=O) groups excluding carboxylic acids is 3. The molecule has 17 heteroatoms. The van der Waals surface area contributed by atoms with E-state index < -0.39 is 53.7 Å². The minimum Gasteiger partial charge on any atom is -0.473 e. The van der Waals surface area contributed by atoms with Gasteiger partial charge < -0.3 is 29.0 Å². The topological polar surface area (TPSA) is 128 Å². The average Bonchev–Trinajstić information content (AvgIpc) is 3.68. The molecule has 12 nitrogen and oxygen atoms in total. The Morgan fingerprint density at radius 3 is 2.67 bits per heavy atom. The number of ether oxygens (including phenoxy) is 3. The minimum absolute atomic E-state index is 0.0182. The molecule has 0 spiro atoms.